The third-order valence-electron chi connectivity index (χ3n) is 2.50. The van der Waals surface area contributed by atoms with Crippen LogP contribution in [0.1, 0.15) is 25.7 Å². The lowest BCUT2D eigenvalue weighted by Gasteiger charge is -2.36. The van der Waals surface area contributed by atoms with Gasteiger partial charge in [0.2, 0.25) is 0 Å². The summed E-state index contributed by atoms with van der Waals surface area (Å²) in [6.45, 7) is 0. The van der Waals surface area contributed by atoms with Crippen LogP contribution in [0, 0.1) is 5.41 Å². The highest BCUT2D eigenvalue weighted by Gasteiger charge is 2.29. The molecule has 0 radical (unpaired) electrons. The molecule has 1 saturated carbocycles. The quantitative estimate of drug-likeness (QED) is 0.579. The fraction of sp³-hybridized carbons (Fsp3) is 0.875. The summed E-state index contributed by atoms with van der Waals surface area (Å²) in [5.41, 5.74) is 0. The first-order valence-electron chi connectivity index (χ1n) is 4.32. The van der Waals surface area contributed by atoms with Crippen LogP contribution in [0.5, 0.6) is 0 Å². The van der Waals surface area contributed by atoms with E-state index < -0.39 is 0 Å². The summed E-state index contributed by atoms with van der Waals surface area (Å²) in [4.78, 5) is 0. The van der Waals surface area contributed by atoms with E-state index in [0.29, 0.717) is 6.04 Å². The summed E-state index contributed by atoms with van der Waals surface area (Å²) < 4.78 is 0. The molecule has 2 fully saturated rings. The van der Waals surface area contributed by atoms with Crippen LogP contribution < -0.4 is 5.32 Å². The summed E-state index contributed by atoms with van der Waals surface area (Å²) in [6, 6.07) is 0.620. The van der Waals surface area contributed by atoms with Crippen molar-refractivity contribution >= 4 is 17.6 Å². The highest BCUT2D eigenvalue weighted by atomic mass is 32.2. The molecule has 1 saturated heterocycles. The van der Waals surface area contributed by atoms with E-state index in [4.69, 9.17) is 5.41 Å². The predicted octanol–water partition coefficient (Wildman–Crippen LogP) is 1.61. The van der Waals surface area contributed by atoms with Gasteiger partial charge in [0.25, 0.3) is 0 Å². The van der Waals surface area contributed by atoms with E-state index in [-0.39, 0.29) is 0 Å². The Morgan fingerprint density at radius 2 is 2.18 bits per heavy atom. The maximum Gasteiger partial charge on any atom is 0.104 e. The molecule has 2 atom stereocenters. The van der Waals surface area contributed by atoms with Crippen molar-refractivity contribution in [1.29, 1.82) is 5.41 Å². The minimum Gasteiger partial charge on any atom is -0.369 e. The first kappa shape index (κ1) is 7.47. The molecule has 2 rings (SSSR count). The SMILES string of the molecule is N=C1CS[C@@H]2CCCC[C@H]2N1. The Balaban J connectivity index is 1.98. The van der Waals surface area contributed by atoms with Crippen LogP contribution in [0.25, 0.3) is 0 Å². The number of hydrogen-bond acceptors (Lipinski definition) is 2. The van der Waals surface area contributed by atoms with Gasteiger partial charge in [-0.25, -0.2) is 0 Å². The van der Waals surface area contributed by atoms with Crippen LogP contribution >= 0.6 is 11.8 Å². The maximum atomic E-state index is 7.48. The summed E-state index contributed by atoms with van der Waals surface area (Å²) in [5, 5.41) is 11.6. The lowest BCUT2D eigenvalue weighted by molar-refractivity contribution is 0.420. The van der Waals surface area contributed by atoms with Crippen LogP contribution in [-0.4, -0.2) is 22.9 Å². The molecule has 0 aromatic heterocycles. The highest BCUT2D eigenvalue weighted by Crippen LogP contribution is 2.31. The summed E-state index contributed by atoms with van der Waals surface area (Å²) in [5.74, 6) is 1.64. The third-order valence-corrected chi connectivity index (χ3v) is 3.95. The number of amidine groups is 1. The van der Waals surface area contributed by atoms with Gasteiger partial charge < -0.3 is 5.32 Å². The zero-order valence-corrected chi connectivity index (χ0v) is 7.41. The standard InChI is InChI=1S/C8H14N2S/c9-8-5-11-7-4-2-1-3-6(7)10-8/h6-7H,1-5H2,(H2,9,10)/t6-,7-/m1/s1. The highest BCUT2D eigenvalue weighted by molar-refractivity contribution is 8.00. The molecule has 0 bridgehead atoms. The molecule has 2 nitrogen and oxygen atoms in total. The van der Waals surface area contributed by atoms with E-state index in [9.17, 15) is 0 Å². The molecule has 1 aliphatic heterocycles. The molecule has 1 aliphatic carbocycles. The molecular weight excluding hydrogens is 156 g/mol. The molecule has 0 aromatic rings. The first-order chi connectivity index (χ1) is 5.36. The number of rotatable bonds is 0. The van der Waals surface area contributed by atoms with Crippen molar-refractivity contribution < 1.29 is 0 Å². The van der Waals surface area contributed by atoms with Gasteiger partial charge in [-0.2, -0.15) is 0 Å². The van der Waals surface area contributed by atoms with Crippen molar-refractivity contribution in [3.05, 3.63) is 0 Å². The van der Waals surface area contributed by atoms with Gasteiger partial charge in [-0.15, -0.1) is 11.8 Å². The van der Waals surface area contributed by atoms with Gasteiger partial charge in [0.05, 0.1) is 5.75 Å². The fourth-order valence-corrected chi connectivity index (χ4v) is 3.15. The molecule has 3 heteroatoms. The molecule has 2 N–H and O–H groups in total. The molecule has 0 unspecified atom stereocenters. The largest absolute Gasteiger partial charge is 0.369 e. The van der Waals surface area contributed by atoms with E-state index in [0.717, 1.165) is 16.8 Å². The monoisotopic (exact) mass is 170 g/mol. The first-order valence-corrected chi connectivity index (χ1v) is 5.37. The predicted molar refractivity (Wildman–Crippen MR) is 49.4 cm³/mol. The molecular formula is C8H14N2S. The summed E-state index contributed by atoms with van der Waals surface area (Å²) >= 11 is 1.97. The minimum absolute atomic E-state index is 0.620. The van der Waals surface area contributed by atoms with Gasteiger partial charge in [-0.3, -0.25) is 5.41 Å². The Bertz CT molecular complexity index is 169. The van der Waals surface area contributed by atoms with Gasteiger partial charge in [0, 0.05) is 11.3 Å². The number of nitrogens with one attached hydrogen (secondary N) is 2. The van der Waals surface area contributed by atoms with Crippen molar-refractivity contribution in [3.8, 4) is 0 Å². The third kappa shape index (κ3) is 1.53. The van der Waals surface area contributed by atoms with Gasteiger partial charge in [0.1, 0.15) is 5.84 Å². The van der Waals surface area contributed by atoms with Crippen LogP contribution in [0.4, 0.5) is 0 Å². The van der Waals surface area contributed by atoms with Crippen molar-refractivity contribution in [2.45, 2.75) is 37.0 Å². The summed E-state index contributed by atoms with van der Waals surface area (Å²) in [6.07, 6.45) is 5.38. The van der Waals surface area contributed by atoms with E-state index >= 15 is 0 Å². The van der Waals surface area contributed by atoms with Gasteiger partial charge >= 0.3 is 0 Å². The molecule has 0 amide bonds. The zero-order chi connectivity index (χ0) is 7.68. The second-order valence-electron chi connectivity index (χ2n) is 3.36. The topological polar surface area (TPSA) is 35.9 Å². The minimum atomic E-state index is 0.620. The molecule has 11 heavy (non-hydrogen) atoms. The second-order valence-corrected chi connectivity index (χ2v) is 4.59. The van der Waals surface area contributed by atoms with Crippen molar-refractivity contribution in [2.75, 3.05) is 5.75 Å². The number of thioether (sulfide) groups is 1. The fourth-order valence-electron chi connectivity index (χ4n) is 1.92. The lowest BCUT2D eigenvalue weighted by atomic mass is 9.94. The average Bonchev–Trinajstić information content (AvgIpc) is 2.04. The Kier molecular flexibility index (Phi) is 2.07. The molecule has 2 aliphatic rings. The Morgan fingerprint density at radius 1 is 1.36 bits per heavy atom. The van der Waals surface area contributed by atoms with Crippen LogP contribution in [0.15, 0.2) is 0 Å². The second kappa shape index (κ2) is 3.05. The van der Waals surface area contributed by atoms with Crippen molar-refractivity contribution in [3.63, 3.8) is 0 Å². The van der Waals surface area contributed by atoms with E-state index in [1.165, 1.54) is 25.7 Å². The lowest BCUT2D eigenvalue weighted by Crippen LogP contribution is -2.48. The van der Waals surface area contributed by atoms with E-state index in [1.807, 2.05) is 11.8 Å². The van der Waals surface area contributed by atoms with Crippen molar-refractivity contribution in [1.82, 2.24) is 5.32 Å². The van der Waals surface area contributed by atoms with Crippen LogP contribution in [0.3, 0.4) is 0 Å². The van der Waals surface area contributed by atoms with Crippen LogP contribution in [0.2, 0.25) is 0 Å². The van der Waals surface area contributed by atoms with Crippen LogP contribution in [-0.2, 0) is 0 Å². The summed E-state index contributed by atoms with van der Waals surface area (Å²) in [7, 11) is 0. The molecule has 1 heterocycles. The molecule has 0 aromatic carbocycles. The van der Waals surface area contributed by atoms with Gasteiger partial charge in [-0.1, -0.05) is 12.8 Å². The Labute approximate surface area is 71.6 Å². The Hall–Kier alpha value is -0.180. The maximum absolute atomic E-state index is 7.48. The average molecular weight is 170 g/mol. The van der Waals surface area contributed by atoms with Gasteiger partial charge in [0.15, 0.2) is 0 Å². The molecule has 0 spiro atoms. The number of hydrogen-bond donors (Lipinski definition) is 2. The smallest absolute Gasteiger partial charge is 0.104 e. The Morgan fingerprint density at radius 3 is 3.09 bits per heavy atom. The molecule has 62 valence electrons. The normalized spacial score (nSPS) is 37.6. The van der Waals surface area contributed by atoms with E-state index in [1.54, 1.807) is 0 Å². The van der Waals surface area contributed by atoms with Crippen molar-refractivity contribution in [2.24, 2.45) is 0 Å². The number of fused-ring (bicyclic) bond motifs is 1. The zero-order valence-electron chi connectivity index (χ0n) is 6.60. The van der Waals surface area contributed by atoms with Gasteiger partial charge in [-0.05, 0) is 12.8 Å². The van der Waals surface area contributed by atoms with E-state index in [2.05, 4.69) is 5.32 Å².